The van der Waals surface area contributed by atoms with Gasteiger partial charge in [0.25, 0.3) is 0 Å². The minimum Gasteiger partial charge on any atom is -0.256 e. The Balaban J connectivity index is 1.48. The van der Waals surface area contributed by atoms with Gasteiger partial charge < -0.3 is 0 Å². The third-order valence-corrected chi connectivity index (χ3v) is 7.78. The minimum atomic E-state index is 0.0442. The number of aromatic nitrogens is 1. The molecule has 2 nitrogen and oxygen atoms in total. The van der Waals surface area contributed by atoms with E-state index in [2.05, 4.69) is 124 Å². The van der Waals surface area contributed by atoms with E-state index in [1.165, 1.54) is 32.2 Å². The van der Waals surface area contributed by atoms with Crippen LogP contribution in [-0.4, -0.2) is 11.2 Å². The molecule has 6 aromatic rings. The van der Waals surface area contributed by atoms with E-state index in [1.54, 1.807) is 11.3 Å². The Morgan fingerprint density at radius 1 is 0.730 bits per heavy atom. The normalized spacial score (nSPS) is 12.1. The molecule has 0 amide bonds. The Hall–Kier alpha value is -4.08. The van der Waals surface area contributed by atoms with Crippen LogP contribution in [0.25, 0.3) is 42.7 Å². The quantitative estimate of drug-likeness (QED) is 0.223. The Morgan fingerprint density at radius 2 is 1.46 bits per heavy atom. The molecule has 6 rings (SSSR count). The first-order valence-corrected chi connectivity index (χ1v) is 13.4. The fourth-order valence-corrected chi connectivity index (χ4v) is 5.75. The van der Waals surface area contributed by atoms with Crippen LogP contribution in [0, 0.1) is 0 Å². The summed E-state index contributed by atoms with van der Waals surface area (Å²) in [6.45, 7) is 6.80. The summed E-state index contributed by atoms with van der Waals surface area (Å²) in [6, 6.07) is 38.3. The third-order valence-electron chi connectivity index (χ3n) is 6.75. The molecule has 37 heavy (non-hydrogen) atoms. The Kier molecular flexibility index (Phi) is 5.94. The van der Waals surface area contributed by atoms with Gasteiger partial charge in [-0.2, -0.15) is 0 Å². The SMILES string of the molecule is CC(C)(C)c1cc(-c2ccccc2)c2nc(-c3ccccc3N=Cc3cccc4ccccc34)sc2c1. The zero-order chi connectivity index (χ0) is 25.4. The number of nitrogens with zero attached hydrogens (tertiary/aromatic N) is 2. The molecule has 0 saturated carbocycles. The molecule has 0 fully saturated rings. The van der Waals surface area contributed by atoms with Crippen molar-refractivity contribution in [3.8, 4) is 21.7 Å². The molecule has 0 atom stereocenters. The first-order valence-electron chi connectivity index (χ1n) is 12.6. The maximum atomic E-state index is 5.19. The lowest BCUT2D eigenvalue weighted by molar-refractivity contribution is 0.591. The van der Waals surface area contributed by atoms with Crippen LogP contribution >= 0.6 is 11.3 Å². The average Bonchev–Trinajstić information content (AvgIpc) is 3.36. The van der Waals surface area contributed by atoms with E-state index in [-0.39, 0.29) is 5.41 Å². The molecular weight excluding hydrogens is 468 g/mol. The van der Waals surface area contributed by atoms with Gasteiger partial charge in [0, 0.05) is 22.9 Å². The summed E-state index contributed by atoms with van der Waals surface area (Å²) in [6.07, 6.45) is 1.97. The molecule has 1 aromatic heterocycles. The van der Waals surface area contributed by atoms with Crippen LogP contribution in [-0.2, 0) is 5.41 Å². The first-order chi connectivity index (χ1) is 18.0. The number of fused-ring (bicyclic) bond motifs is 2. The van der Waals surface area contributed by atoms with Gasteiger partial charge in [-0.1, -0.05) is 106 Å². The van der Waals surface area contributed by atoms with Gasteiger partial charge in [-0.05, 0) is 51.6 Å². The molecule has 0 bridgehead atoms. The summed E-state index contributed by atoms with van der Waals surface area (Å²) in [5.41, 5.74) is 7.87. The molecule has 0 radical (unpaired) electrons. The lowest BCUT2D eigenvalue weighted by Crippen LogP contribution is -2.10. The smallest absolute Gasteiger partial charge is 0.126 e. The monoisotopic (exact) mass is 496 g/mol. The second-order valence-corrected chi connectivity index (χ2v) is 11.4. The molecule has 1 heterocycles. The van der Waals surface area contributed by atoms with Crippen molar-refractivity contribution in [3.63, 3.8) is 0 Å². The van der Waals surface area contributed by atoms with Crippen LogP contribution in [0.3, 0.4) is 0 Å². The van der Waals surface area contributed by atoms with Crippen LogP contribution in [0.1, 0.15) is 31.9 Å². The van der Waals surface area contributed by atoms with Crippen LogP contribution in [0.2, 0.25) is 0 Å². The Labute approximate surface area is 222 Å². The lowest BCUT2D eigenvalue weighted by atomic mass is 9.85. The predicted molar refractivity (Wildman–Crippen MR) is 160 cm³/mol. The largest absolute Gasteiger partial charge is 0.256 e. The Morgan fingerprint density at radius 3 is 2.30 bits per heavy atom. The Bertz CT molecular complexity index is 1750. The van der Waals surface area contributed by atoms with Gasteiger partial charge in [0.05, 0.1) is 15.9 Å². The van der Waals surface area contributed by atoms with E-state index < -0.39 is 0 Å². The van der Waals surface area contributed by atoms with Crippen molar-refractivity contribution < 1.29 is 0 Å². The zero-order valence-corrected chi connectivity index (χ0v) is 22.1. The summed E-state index contributed by atoms with van der Waals surface area (Å²) >= 11 is 1.74. The highest BCUT2D eigenvalue weighted by molar-refractivity contribution is 7.21. The number of benzene rings is 5. The average molecular weight is 497 g/mol. The zero-order valence-electron chi connectivity index (χ0n) is 21.3. The topological polar surface area (TPSA) is 25.2 Å². The molecule has 3 heteroatoms. The van der Waals surface area contributed by atoms with Crippen molar-refractivity contribution >= 4 is 44.2 Å². The standard InChI is InChI=1S/C34H28N2S/c1-34(2,3)26-20-29(24-12-5-4-6-13-24)32-31(21-26)37-33(36-32)28-18-9-10-19-30(28)35-22-25-16-11-15-23-14-7-8-17-27(23)25/h4-22H,1-3H3. The molecule has 0 N–H and O–H groups in total. The minimum absolute atomic E-state index is 0.0442. The number of thiazole rings is 1. The summed E-state index contributed by atoms with van der Waals surface area (Å²) in [4.78, 5) is 10.1. The molecule has 0 aliphatic heterocycles. The van der Waals surface area contributed by atoms with E-state index in [4.69, 9.17) is 9.98 Å². The van der Waals surface area contributed by atoms with Gasteiger partial charge in [0.15, 0.2) is 0 Å². The van der Waals surface area contributed by atoms with Gasteiger partial charge >= 0.3 is 0 Å². The van der Waals surface area contributed by atoms with Gasteiger partial charge in [0.2, 0.25) is 0 Å². The van der Waals surface area contributed by atoms with Gasteiger partial charge in [-0.25, -0.2) is 4.98 Å². The van der Waals surface area contributed by atoms with Gasteiger partial charge in [-0.3, -0.25) is 4.99 Å². The molecule has 0 unspecified atom stereocenters. The number of hydrogen-bond acceptors (Lipinski definition) is 3. The highest BCUT2D eigenvalue weighted by Crippen LogP contribution is 2.41. The molecule has 0 saturated heterocycles. The molecule has 180 valence electrons. The summed E-state index contributed by atoms with van der Waals surface area (Å²) in [5.74, 6) is 0. The van der Waals surface area contributed by atoms with Crippen molar-refractivity contribution in [2.24, 2.45) is 4.99 Å². The molecule has 5 aromatic carbocycles. The molecule has 0 spiro atoms. The summed E-state index contributed by atoms with van der Waals surface area (Å²) < 4.78 is 1.20. The number of rotatable bonds is 4. The van der Waals surface area contributed by atoms with E-state index in [0.29, 0.717) is 0 Å². The summed E-state index contributed by atoms with van der Waals surface area (Å²) in [5, 5.41) is 3.41. The van der Waals surface area contributed by atoms with E-state index in [1.807, 2.05) is 12.3 Å². The van der Waals surface area contributed by atoms with Crippen molar-refractivity contribution in [1.29, 1.82) is 0 Å². The van der Waals surface area contributed by atoms with Crippen molar-refractivity contribution in [2.75, 3.05) is 0 Å². The fourth-order valence-electron chi connectivity index (χ4n) is 4.68. The van der Waals surface area contributed by atoms with Crippen molar-refractivity contribution in [1.82, 2.24) is 4.98 Å². The summed E-state index contributed by atoms with van der Waals surface area (Å²) in [7, 11) is 0. The first kappa shape index (κ1) is 23.3. The van der Waals surface area contributed by atoms with Gasteiger partial charge in [-0.15, -0.1) is 11.3 Å². The molecule has 0 aliphatic carbocycles. The number of hydrogen-bond donors (Lipinski definition) is 0. The fraction of sp³-hybridized carbons (Fsp3) is 0.118. The third kappa shape index (κ3) is 4.59. The van der Waals surface area contributed by atoms with E-state index in [9.17, 15) is 0 Å². The highest BCUT2D eigenvalue weighted by atomic mass is 32.1. The molecule has 0 aliphatic rings. The van der Waals surface area contributed by atoms with E-state index >= 15 is 0 Å². The van der Waals surface area contributed by atoms with Crippen LogP contribution in [0.4, 0.5) is 5.69 Å². The predicted octanol–water partition coefficient (Wildman–Crippen LogP) is 9.83. The number of aliphatic imine (C=N–C) groups is 1. The van der Waals surface area contributed by atoms with E-state index in [0.717, 1.165) is 27.3 Å². The van der Waals surface area contributed by atoms with Crippen LogP contribution in [0.5, 0.6) is 0 Å². The molecular formula is C34H28N2S. The maximum Gasteiger partial charge on any atom is 0.126 e. The second-order valence-electron chi connectivity index (χ2n) is 10.3. The van der Waals surface area contributed by atoms with Crippen molar-refractivity contribution in [3.05, 3.63) is 120 Å². The van der Waals surface area contributed by atoms with Crippen LogP contribution < -0.4 is 0 Å². The van der Waals surface area contributed by atoms with Gasteiger partial charge in [0.1, 0.15) is 5.01 Å². The highest BCUT2D eigenvalue weighted by Gasteiger charge is 2.20. The second kappa shape index (κ2) is 9.42. The van der Waals surface area contributed by atoms with Crippen LogP contribution in [0.15, 0.2) is 114 Å². The number of para-hydroxylation sites is 1. The lowest BCUT2D eigenvalue weighted by Gasteiger charge is -2.20. The maximum absolute atomic E-state index is 5.19. The van der Waals surface area contributed by atoms with Crippen molar-refractivity contribution in [2.45, 2.75) is 26.2 Å².